The fourth-order valence-electron chi connectivity index (χ4n) is 1.97. The van der Waals surface area contributed by atoms with Crippen molar-refractivity contribution in [2.24, 2.45) is 0 Å². The maximum atomic E-state index is 13.9. The van der Waals surface area contributed by atoms with Gasteiger partial charge >= 0.3 is 0 Å². The Hall–Kier alpha value is -1.88. The average Bonchev–Trinajstić information content (AvgIpc) is 2.80. The lowest BCUT2D eigenvalue weighted by Crippen LogP contribution is -2.10. The van der Waals surface area contributed by atoms with Crippen LogP contribution in [0.4, 0.5) is 10.3 Å². The summed E-state index contributed by atoms with van der Waals surface area (Å²) < 4.78 is 20.9. The van der Waals surface area contributed by atoms with Gasteiger partial charge in [-0.3, -0.25) is 4.57 Å². The van der Waals surface area contributed by atoms with Crippen molar-refractivity contribution >= 4 is 5.95 Å². The molecule has 0 amide bonds. The molecule has 5 heteroatoms. The number of para-hydroxylation sites is 1. The van der Waals surface area contributed by atoms with Gasteiger partial charge < -0.3 is 10.1 Å². The first-order chi connectivity index (χ1) is 9.72. The molecule has 0 saturated heterocycles. The van der Waals surface area contributed by atoms with E-state index in [0.29, 0.717) is 18.2 Å². The molecular formula is C15H20FN3O. The Morgan fingerprint density at radius 2 is 2.15 bits per heavy atom. The van der Waals surface area contributed by atoms with Crippen molar-refractivity contribution in [1.82, 2.24) is 9.55 Å². The Balaban J connectivity index is 2.09. The van der Waals surface area contributed by atoms with E-state index in [9.17, 15) is 4.39 Å². The van der Waals surface area contributed by atoms with Crippen LogP contribution in [0.1, 0.15) is 19.0 Å². The summed E-state index contributed by atoms with van der Waals surface area (Å²) in [6.07, 6.45) is 2.71. The first-order valence-electron chi connectivity index (χ1n) is 6.85. The van der Waals surface area contributed by atoms with Crippen molar-refractivity contribution < 1.29 is 9.13 Å². The number of benzene rings is 1. The molecule has 0 saturated carbocycles. The van der Waals surface area contributed by atoms with E-state index in [2.05, 4.69) is 10.3 Å². The number of rotatable bonds is 7. The van der Waals surface area contributed by atoms with Crippen LogP contribution in [0.5, 0.6) is 0 Å². The summed E-state index contributed by atoms with van der Waals surface area (Å²) in [5.74, 6) is 0.395. The fraction of sp³-hybridized carbons (Fsp3) is 0.400. The molecule has 0 unspecified atom stereocenters. The standard InChI is InChI=1S/C15H20FN3O/c1-3-20-10-6-9-17-15-18-12(2)11-19(15)14-8-5-4-7-13(14)16/h4-5,7-8,11H,3,6,9-10H2,1-2H3,(H,17,18). The van der Waals surface area contributed by atoms with E-state index in [-0.39, 0.29) is 5.82 Å². The predicted molar refractivity (Wildman–Crippen MR) is 77.9 cm³/mol. The summed E-state index contributed by atoms with van der Waals surface area (Å²) in [4.78, 5) is 4.39. The highest BCUT2D eigenvalue weighted by Crippen LogP contribution is 2.19. The number of halogens is 1. The van der Waals surface area contributed by atoms with Crippen LogP contribution >= 0.6 is 0 Å². The Kier molecular flexibility index (Phi) is 5.12. The highest BCUT2D eigenvalue weighted by atomic mass is 19.1. The minimum Gasteiger partial charge on any atom is -0.382 e. The molecule has 0 atom stereocenters. The first kappa shape index (κ1) is 14.5. The van der Waals surface area contributed by atoms with Crippen LogP contribution in [0.15, 0.2) is 30.5 Å². The van der Waals surface area contributed by atoms with Crippen molar-refractivity contribution in [3.8, 4) is 5.69 Å². The van der Waals surface area contributed by atoms with Gasteiger partial charge in [0.1, 0.15) is 5.82 Å². The molecule has 0 aliphatic carbocycles. The second kappa shape index (κ2) is 7.05. The SMILES string of the molecule is CCOCCCNc1nc(C)cn1-c1ccccc1F. The number of anilines is 1. The third-order valence-corrected chi connectivity index (χ3v) is 2.89. The molecule has 1 aromatic heterocycles. The largest absolute Gasteiger partial charge is 0.382 e. The van der Waals surface area contributed by atoms with E-state index < -0.39 is 0 Å². The minimum atomic E-state index is -0.262. The number of ether oxygens (including phenoxy) is 1. The van der Waals surface area contributed by atoms with Gasteiger partial charge in [-0.1, -0.05) is 12.1 Å². The zero-order valence-electron chi connectivity index (χ0n) is 11.9. The molecule has 4 nitrogen and oxygen atoms in total. The summed E-state index contributed by atoms with van der Waals surface area (Å²) in [7, 11) is 0. The van der Waals surface area contributed by atoms with E-state index in [1.807, 2.05) is 26.1 Å². The molecule has 20 heavy (non-hydrogen) atoms. The molecule has 0 radical (unpaired) electrons. The van der Waals surface area contributed by atoms with Gasteiger partial charge in [0.25, 0.3) is 0 Å². The van der Waals surface area contributed by atoms with Gasteiger partial charge in [-0.2, -0.15) is 0 Å². The zero-order chi connectivity index (χ0) is 14.4. The van der Waals surface area contributed by atoms with Crippen LogP contribution in [-0.4, -0.2) is 29.3 Å². The van der Waals surface area contributed by atoms with Gasteiger partial charge in [0, 0.05) is 26.0 Å². The smallest absolute Gasteiger partial charge is 0.207 e. The average molecular weight is 277 g/mol. The highest BCUT2D eigenvalue weighted by Gasteiger charge is 2.10. The lowest BCUT2D eigenvalue weighted by molar-refractivity contribution is 0.147. The number of aromatic nitrogens is 2. The van der Waals surface area contributed by atoms with Crippen molar-refractivity contribution in [3.05, 3.63) is 42.0 Å². The molecule has 0 fully saturated rings. The van der Waals surface area contributed by atoms with Crippen molar-refractivity contribution in [1.29, 1.82) is 0 Å². The van der Waals surface area contributed by atoms with E-state index in [4.69, 9.17) is 4.74 Å². The molecule has 2 aromatic rings. The van der Waals surface area contributed by atoms with E-state index >= 15 is 0 Å². The lowest BCUT2D eigenvalue weighted by atomic mass is 10.3. The van der Waals surface area contributed by atoms with Gasteiger partial charge in [0.05, 0.1) is 11.4 Å². The van der Waals surface area contributed by atoms with Crippen LogP contribution in [0.25, 0.3) is 5.69 Å². The monoisotopic (exact) mass is 277 g/mol. The molecule has 1 N–H and O–H groups in total. The zero-order valence-corrected chi connectivity index (χ0v) is 11.9. The van der Waals surface area contributed by atoms with Crippen molar-refractivity contribution in [2.75, 3.05) is 25.1 Å². The quantitative estimate of drug-likeness (QED) is 0.790. The summed E-state index contributed by atoms with van der Waals surface area (Å²) in [5.41, 5.74) is 1.35. The Morgan fingerprint density at radius 3 is 2.90 bits per heavy atom. The van der Waals surface area contributed by atoms with Crippen LogP contribution in [0.3, 0.4) is 0 Å². The normalized spacial score (nSPS) is 10.8. The topological polar surface area (TPSA) is 39.1 Å². The lowest BCUT2D eigenvalue weighted by Gasteiger charge is -2.10. The number of nitrogens with zero attached hydrogens (tertiary/aromatic N) is 2. The summed E-state index contributed by atoms with van der Waals surface area (Å²) in [5, 5.41) is 3.22. The molecule has 2 rings (SSSR count). The summed E-state index contributed by atoms with van der Waals surface area (Å²) in [6, 6.07) is 6.68. The van der Waals surface area contributed by atoms with Gasteiger partial charge in [-0.25, -0.2) is 9.37 Å². The number of hydrogen-bond acceptors (Lipinski definition) is 3. The van der Waals surface area contributed by atoms with Crippen LogP contribution in [0, 0.1) is 12.7 Å². The van der Waals surface area contributed by atoms with Crippen molar-refractivity contribution in [3.63, 3.8) is 0 Å². The number of hydrogen-bond donors (Lipinski definition) is 1. The van der Waals surface area contributed by atoms with Gasteiger partial charge in [0.2, 0.25) is 5.95 Å². The second-order valence-electron chi connectivity index (χ2n) is 4.50. The fourth-order valence-corrected chi connectivity index (χ4v) is 1.97. The van der Waals surface area contributed by atoms with Crippen LogP contribution in [0.2, 0.25) is 0 Å². The predicted octanol–water partition coefficient (Wildman–Crippen LogP) is 3.16. The third-order valence-electron chi connectivity index (χ3n) is 2.89. The Labute approximate surface area is 118 Å². The van der Waals surface area contributed by atoms with Gasteiger partial charge in [-0.15, -0.1) is 0 Å². The Bertz CT molecular complexity index is 554. The molecule has 1 aromatic carbocycles. The molecule has 1 heterocycles. The third kappa shape index (κ3) is 3.57. The molecule has 0 spiro atoms. The molecule has 0 aliphatic rings. The number of aryl methyl sites for hydroxylation is 1. The number of imidazole rings is 1. The number of nitrogens with one attached hydrogen (secondary N) is 1. The van der Waals surface area contributed by atoms with Crippen molar-refractivity contribution in [2.45, 2.75) is 20.3 Å². The van der Waals surface area contributed by atoms with E-state index in [0.717, 1.165) is 25.3 Å². The van der Waals surface area contributed by atoms with Crippen LogP contribution < -0.4 is 5.32 Å². The summed E-state index contributed by atoms with van der Waals surface area (Å²) in [6.45, 7) is 6.04. The highest BCUT2D eigenvalue weighted by molar-refractivity contribution is 5.43. The second-order valence-corrected chi connectivity index (χ2v) is 4.50. The first-order valence-corrected chi connectivity index (χ1v) is 6.85. The van der Waals surface area contributed by atoms with Gasteiger partial charge in [0.15, 0.2) is 0 Å². The molecular weight excluding hydrogens is 257 g/mol. The molecule has 0 bridgehead atoms. The van der Waals surface area contributed by atoms with Crippen LogP contribution in [-0.2, 0) is 4.74 Å². The maximum Gasteiger partial charge on any atom is 0.207 e. The Morgan fingerprint density at radius 1 is 1.35 bits per heavy atom. The summed E-state index contributed by atoms with van der Waals surface area (Å²) >= 11 is 0. The molecule has 0 aliphatic heterocycles. The van der Waals surface area contributed by atoms with E-state index in [1.54, 1.807) is 16.7 Å². The molecule has 108 valence electrons. The van der Waals surface area contributed by atoms with Gasteiger partial charge in [-0.05, 0) is 32.4 Å². The minimum absolute atomic E-state index is 0.262. The van der Waals surface area contributed by atoms with E-state index in [1.165, 1.54) is 6.07 Å². The maximum absolute atomic E-state index is 13.9.